The standard InChI is InChI=1S/C22H24ClN5OS/c1-14-11-15(6-7-17(14)23)26-21-20-16-8-10-28(19(29)5-4-9-27(2)3)12-18(16)30-22(20)25-13-24-21/h4-7,11,13H,8-10,12H2,1-3H3,(H,24,25,26). The Hall–Kier alpha value is -2.48. The van der Waals surface area contributed by atoms with E-state index in [1.165, 1.54) is 10.4 Å². The van der Waals surface area contributed by atoms with Crippen LogP contribution in [0.3, 0.4) is 0 Å². The fourth-order valence-electron chi connectivity index (χ4n) is 3.54. The van der Waals surface area contributed by atoms with E-state index in [1.807, 2.05) is 55.1 Å². The van der Waals surface area contributed by atoms with Crippen LogP contribution in [0.15, 0.2) is 36.7 Å². The summed E-state index contributed by atoms with van der Waals surface area (Å²) in [5.41, 5.74) is 3.19. The van der Waals surface area contributed by atoms with E-state index in [-0.39, 0.29) is 5.91 Å². The minimum Gasteiger partial charge on any atom is -0.340 e. The maximum absolute atomic E-state index is 12.5. The van der Waals surface area contributed by atoms with Gasteiger partial charge < -0.3 is 15.1 Å². The zero-order valence-electron chi connectivity index (χ0n) is 17.3. The highest BCUT2D eigenvalue weighted by Crippen LogP contribution is 2.38. The van der Waals surface area contributed by atoms with Gasteiger partial charge in [0.2, 0.25) is 5.91 Å². The highest BCUT2D eigenvalue weighted by atomic mass is 35.5. The molecule has 0 saturated carbocycles. The van der Waals surface area contributed by atoms with Gasteiger partial charge in [-0.2, -0.15) is 0 Å². The van der Waals surface area contributed by atoms with Crippen molar-refractivity contribution in [2.24, 2.45) is 0 Å². The van der Waals surface area contributed by atoms with Gasteiger partial charge >= 0.3 is 0 Å². The first-order valence-electron chi connectivity index (χ1n) is 9.81. The highest BCUT2D eigenvalue weighted by Gasteiger charge is 2.25. The van der Waals surface area contributed by atoms with Gasteiger partial charge in [0.15, 0.2) is 0 Å². The molecule has 3 heterocycles. The summed E-state index contributed by atoms with van der Waals surface area (Å²) < 4.78 is 0. The van der Waals surface area contributed by atoms with Crippen LogP contribution in [0.25, 0.3) is 10.2 Å². The van der Waals surface area contributed by atoms with E-state index in [2.05, 4.69) is 15.3 Å². The summed E-state index contributed by atoms with van der Waals surface area (Å²) in [4.78, 5) is 27.6. The lowest BCUT2D eigenvalue weighted by molar-refractivity contribution is -0.126. The monoisotopic (exact) mass is 441 g/mol. The molecule has 6 nitrogen and oxygen atoms in total. The predicted octanol–water partition coefficient (Wildman–Crippen LogP) is 4.40. The second kappa shape index (κ2) is 8.71. The van der Waals surface area contributed by atoms with Gasteiger partial charge in [-0.15, -0.1) is 11.3 Å². The molecule has 2 aromatic heterocycles. The smallest absolute Gasteiger partial charge is 0.246 e. The van der Waals surface area contributed by atoms with E-state index in [9.17, 15) is 4.79 Å². The largest absolute Gasteiger partial charge is 0.340 e. The first-order valence-corrected chi connectivity index (χ1v) is 11.0. The minimum atomic E-state index is 0.0565. The molecule has 0 radical (unpaired) electrons. The third-order valence-electron chi connectivity index (χ3n) is 5.10. The van der Waals surface area contributed by atoms with Crippen LogP contribution in [0.4, 0.5) is 11.5 Å². The molecular formula is C22H24ClN5OS. The van der Waals surface area contributed by atoms with Gasteiger partial charge in [0.1, 0.15) is 17.0 Å². The Labute approximate surface area is 185 Å². The maximum Gasteiger partial charge on any atom is 0.246 e. The van der Waals surface area contributed by atoms with Crippen LogP contribution in [-0.4, -0.2) is 52.9 Å². The number of nitrogens with one attached hydrogen (secondary N) is 1. The number of benzene rings is 1. The number of rotatable bonds is 5. The summed E-state index contributed by atoms with van der Waals surface area (Å²) >= 11 is 7.79. The van der Waals surface area contributed by atoms with Crippen LogP contribution in [0.1, 0.15) is 16.0 Å². The average molecular weight is 442 g/mol. The van der Waals surface area contributed by atoms with E-state index >= 15 is 0 Å². The predicted molar refractivity (Wildman–Crippen MR) is 124 cm³/mol. The van der Waals surface area contributed by atoms with E-state index in [1.54, 1.807) is 23.7 Å². The molecule has 1 amide bonds. The number of hydrogen-bond acceptors (Lipinski definition) is 6. The number of carbonyl (C=O) groups is 1. The first-order chi connectivity index (χ1) is 14.4. The number of aryl methyl sites for hydroxylation is 1. The van der Waals surface area contributed by atoms with Gasteiger partial charge in [-0.1, -0.05) is 17.7 Å². The Morgan fingerprint density at radius 1 is 1.37 bits per heavy atom. The number of fused-ring (bicyclic) bond motifs is 3. The summed E-state index contributed by atoms with van der Waals surface area (Å²) in [6, 6.07) is 5.84. The lowest BCUT2D eigenvalue weighted by atomic mass is 10.0. The summed E-state index contributed by atoms with van der Waals surface area (Å²) in [7, 11) is 3.97. The molecule has 0 aliphatic carbocycles. The Balaban J connectivity index is 1.59. The normalized spacial score (nSPS) is 14.0. The molecule has 0 fully saturated rings. The number of thiophene rings is 1. The van der Waals surface area contributed by atoms with Gasteiger partial charge in [0.25, 0.3) is 0 Å². The summed E-state index contributed by atoms with van der Waals surface area (Å²) in [6.45, 7) is 4.04. The minimum absolute atomic E-state index is 0.0565. The Bertz CT molecular complexity index is 1120. The Kier molecular flexibility index (Phi) is 6.04. The third kappa shape index (κ3) is 4.33. The molecule has 156 valence electrons. The number of anilines is 2. The van der Waals surface area contributed by atoms with Crippen molar-refractivity contribution >= 4 is 50.6 Å². The molecule has 4 rings (SSSR count). The first kappa shape index (κ1) is 20.8. The van der Waals surface area contributed by atoms with Crippen LogP contribution < -0.4 is 5.32 Å². The quantitative estimate of drug-likeness (QED) is 0.594. The van der Waals surface area contributed by atoms with Crippen LogP contribution in [-0.2, 0) is 17.8 Å². The van der Waals surface area contributed by atoms with E-state index < -0.39 is 0 Å². The van der Waals surface area contributed by atoms with Crippen molar-refractivity contribution in [3.8, 4) is 0 Å². The molecule has 1 aromatic carbocycles. The summed E-state index contributed by atoms with van der Waals surface area (Å²) in [6.07, 6.45) is 5.96. The van der Waals surface area contributed by atoms with Crippen molar-refractivity contribution in [2.45, 2.75) is 19.9 Å². The van der Waals surface area contributed by atoms with E-state index in [0.29, 0.717) is 13.1 Å². The number of aromatic nitrogens is 2. The van der Waals surface area contributed by atoms with Gasteiger partial charge in [0.05, 0.1) is 11.9 Å². The van der Waals surface area contributed by atoms with E-state index in [0.717, 1.165) is 45.3 Å². The van der Waals surface area contributed by atoms with Gasteiger partial charge in [-0.05, 0) is 56.8 Å². The van der Waals surface area contributed by atoms with Crippen LogP contribution >= 0.6 is 22.9 Å². The Morgan fingerprint density at radius 2 is 2.20 bits per heavy atom. The van der Waals surface area contributed by atoms with Crippen molar-refractivity contribution in [1.82, 2.24) is 19.8 Å². The number of halogens is 1. The van der Waals surface area contributed by atoms with Crippen molar-refractivity contribution in [3.63, 3.8) is 0 Å². The zero-order valence-corrected chi connectivity index (χ0v) is 18.8. The molecule has 0 bridgehead atoms. The molecule has 0 atom stereocenters. The molecule has 0 saturated heterocycles. The molecule has 3 aromatic rings. The SMILES string of the molecule is Cc1cc(Nc2ncnc3sc4c(c23)CCN(C(=O)C=CCN(C)C)C4)ccc1Cl. The lowest BCUT2D eigenvalue weighted by Crippen LogP contribution is -2.34. The van der Waals surface area contributed by atoms with E-state index in [4.69, 9.17) is 11.6 Å². The molecule has 0 unspecified atom stereocenters. The Morgan fingerprint density at radius 3 is 2.97 bits per heavy atom. The molecule has 1 aliphatic rings. The fourth-order valence-corrected chi connectivity index (χ4v) is 4.86. The van der Waals surface area contributed by atoms with Crippen molar-refractivity contribution in [1.29, 1.82) is 0 Å². The number of amides is 1. The molecule has 30 heavy (non-hydrogen) atoms. The van der Waals surface area contributed by atoms with Crippen LogP contribution in [0, 0.1) is 6.92 Å². The maximum atomic E-state index is 12.5. The molecule has 1 aliphatic heterocycles. The highest BCUT2D eigenvalue weighted by molar-refractivity contribution is 7.19. The van der Waals surface area contributed by atoms with Crippen molar-refractivity contribution in [3.05, 3.63) is 57.7 Å². The summed E-state index contributed by atoms with van der Waals surface area (Å²) in [5.74, 6) is 0.853. The number of nitrogens with zero attached hydrogens (tertiary/aromatic N) is 4. The lowest BCUT2D eigenvalue weighted by Gasteiger charge is -2.26. The van der Waals surface area contributed by atoms with Gasteiger partial charge in [-0.3, -0.25) is 4.79 Å². The number of carbonyl (C=O) groups excluding carboxylic acids is 1. The van der Waals surface area contributed by atoms with Crippen LogP contribution in [0.5, 0.6) is 0 Å². The number of likely N-dealkylation sites (N-methyl/N-ethyl adjacent to an activating group) is 1. The van der Waals surface area contributed by atoms with Crippen molar-refractivity contribution in [2.75, 3.05) is 32.5 Å². The second-order valence-corrected chi connectivity index (χ2v) is 9.16. The van der Waals surface area contributed by atoms with Gasteiger partial charge in [-0.25, -0.2) is 9.97 Å². The molecular weight excluding hydrogens is 418 g/mol. The number of hydrogen-bond donors (Lipinski definition) is 1. The second-order valence-electron chi connectivity index (χ2n) is 7.67. The van der Waals surface area contributed by atoms with Gasteiger partial charge in [0, 0.05) is 34.8 Å². The van der Waals surface area contributed by atoms with Crippen LogP contribution in [0.2, 0.25) is 5.02 Å². The van der Waals surface area contributed by atoms with Crippen molar-refractivity contribution < 1.29 is 4.79 Å². The molecule has 8 heteroatoms. The topological polar surface area (TPSA) is 61.4 Å². The summed E-state index contributed by atoms with van der Waals surface area (Å²) in [5, 5.41) is 5.22. The molecule has 0 spiro atoms. The third-order valence-corrected chi connectivity index (χ3v) is 6.65. The fraction of sp³-hybridized carbons (Fsp3) is 0.318. The zero-order chi connectivity index (χ0) is 21.3. The molecule has 1 N–H and O–H groups in total. The average Bonchev–Trinajstić information content (AvgIpc) is 3.09.